The second-order valence-electron chi connectivity index (χ2n) is 6.89. The Bertz CT molecular complexity index is 572. The lowest BCUT2D eigenvalue weighted by Gasteiger charge is -2.31. The summed E-state index contributed by atoms with van der Waals surface area (Å²) in [6, 6.07) is 8.13. The molecular weight excluding hydrogens is 356 g/mol. The van der Waals surface area contributed by atoms with Gasteiger partial charge in [-0.15, -0.1) is 12.4 Å². The van der Waals surface area contributed by atoms with E-state index in [1.807, 2.05) is 18.2 Å². The van der Waals surface area contributed by atoms with Gasteiger partial charge in [0, 0.05) is 33.0 Å². The molecule has 1 aromatic carbocycles. The number of rotatable bonds is 6. The van der Waals surface area contributed by atoms with E-state index in [4.69, 9.17) is 19.9 Å². The number of carbonyl (C=O) groups excluding carboxylic acids is 1. The first-order valence-corrected chi connectivity index (χ1v) is 9.08. The number of hydrogen-bond donors (Lipinski definition) is 2. The number of halogens is 1. The number of nitrogens with one attached hydrogen (secondary N) is 1. The zero-order valence-electron chi connectivity index (χ0n) is 15.1. The summed E-state index contributed by atoms with van der Waals surface area (Å²) in [5, 5.41) is 2.97. The standard InChI is InChI=1S/C19H28N2O4.ClH/c20-19(6-10-24-11-7-19)18(22)21-13-15-2-1-3-16(12-15)14-25-17-4-8-23-9-5-17;/h1-3,12,17H,4-11,13-14,20H2,(H,21,22);1H. The molecule has 0 saturated carbocycles. The number of hydrogen-bond acceptors (Lipinski definition) is 5. The van der Waals surface area contributed by atoms with Crippen molar-refractivity contribution in [3.63, 3.8) is 0 Å². The molecule has 7 heteroatoms. The van der Waals surface area contributed by atoms with Gasteiger partial charge in [-0.3, -0.25) is 4.79 Å². The van der Waals surface area contributed by atoms with Gasteiger partial charge in [-0.05, 0) is 36.8 Å². The Labute approximate surface area is 161 Å². The molecule has 2 aliphatic heterocycles. The van der Waals surface area contributed by atoms with E-state index in [0.717, 1.165) is 37.2 Å². The average Bonchev–Trinajstić information content (AvgIpc) is 2.66. The zero-order valence-corrected chi connectivity index (χ0v) is 15.9. The van der Waals surface area contributed by atoms with Crippen LogP contribution in [0.25, 0.3) is 0 Å². The molecule has 0 aliphatic carbocycles. The van der Waals surface area contributed by atoms with Crippen molar-refractivity contribution in [3.05, 3.63) is 35.4 Å². The molecule has 0 aromatic heterocycles. The van der Waals surface area contributed by atoms with Crippen LogP contribution in [0.1, 0.15) is 36.8 Å². The van der Waals surface area contributed by atoms with Gasteiger partial charge < -0.3 is 25.3 Å². The Morgan fingerprint density at radius 2 is 1.81 bits per heavy atom. The van der Waals surface area contributed by atoms with Gasteiger partial charge in [-0.25, -0.2) is 0 Å². The molecule has 3 N–H and O–H groups in total. The molecule has 0 radical (unpaired) electrons. The number of carbonyl (C=O) groups is 1. The monoisotopic (exact) mass is 384 g/mol. The number of benzene rings is 1. The molecule has 2 saturated heterocycles. The van der Waals surface area contributed by atoms with Crippen molar-refractivity contribution in [1.82, 2.24) is 5.32 Å². The van der Waals surface area contributed by atoms with Crippen LogP contribution in [0.3, 0.4) is 0 Å². The number of nitrogens with two attached hydrogens (primary N) is 1. The van der Waals surface area contributed by atoms with Crippen LogP contribution >= 0.6 is 12.4 Å². The van der Waals surface area contributed by atoms with E-state index in [2.05, 4.69) is 11.4 Å². The van der Waals surface area contributed by atoms with Crippen LogP contribution in [0.15, 0.2) is 24.3 Å². The molecule has 1 aromatic rings. The van der Waals surface area contributed by atoms with Crippen LogP contribution in [0, 0.1) is 0 Å². The SMILES string of the molecule is Cl.NC1(C(=O)NCc2cccc(COC3CCOCC3)c2)CCOCC1. The second-order valence-corrected chi connectivity index (χ2v) is 6.89. The van der Waals surface area contributed by atoms with Gasteiger partial charge in [-0.2, -0.15) is 0 Å². The van der Waals surface area contributed by atoms with Gasteiger partial charge in [-0.1, -0.05) is 24.3 Å². The fourth-order valence-corrected chi connectivity index (χ4v) is 3.21. The third-order valence-electron chi connectivity index (χ3n) is 4.94. The molecule has 0 bridgehead atoms. The van der Waals surface area contributed by atoms with Gasteiger partial charge in [0.25, 0.3) is 0 Å². The maximum Gasteiger partial charge on any atom is 0.240 e. The molecule has 0 atom stereocenters. The molecule has 0 unspecified atom stereocenters. The Kier molecular flexibility index (Phi) is 8.31. The largest absolute Gasteiger partial charge is 0.381 e. The summed E-state index contributed by atoms with van der Waals surface area (Å²) < 4.78 is 16.6. The van der Waals surface area contributed by atoms with Gasteiger partial charge >= 0.3 is 0 Å². The van der Waals surface area contributed by atoms with Gasteiger partial charge in [0.1, 0.15) is 0 Å². The fourth-order valence-electron chi connectivity index (χ4n) is 3.21. The third-order valence-corrected chi connectivity index (χ3v) is 4.94. The molecule has 146 valence electrons. The fraction of sp³-hybridized carbons (Fsp3) is 0.632. The van der Waals surface area contributed by atoms with Crippen LogP contribution in [-0.2, 0) is 32.2 Å². The highest BCUT2D eigenvalue weighted by Crippen LogP contribution is 2.18. The highest BCUT2D eigenvalue weighted by Gasteiger charge is 2.35. The quantitative estimate of drug-likeness (QED) is 0.783. The predicted octanol–water partition coefficient (Wildman–Crippen LogP) is 1.93. The third kappa shape index (κ3) is 5.93. The number of amides is 1. The summed E-state index contributed by atoms with van der Waals surface area (Å²) in [7, 11) is 0. The summed E-state index contributed by atoms with van der Waals surface area (Å²) in [6.07, 6.45) is 3.33. The van der Waals surface area contributed by atoms with Crippen molar-refractivity contribution >= 4 is 18.3 Å². The van der Waals surface area contributed by atoms with Crippen molar-refractivity contribution in [3.8, 4) is 0 Å². The minimum absolute atomic E-state index is 0. The van der Waals surface area contributed by atoms with Crippen molar-refractivity contribution < 1.29 is 19.0 Å². The topological polar surface area (TPSA) is 82.8 Å². The lowest BCUT2D eigenvalue weighted by Crippen LogP contribution is -2.56. The lowest BCUT2D eigenvalue weighted by atomic mass is 9.90. The van der Waals surface area contributed by atoms with E-state index in [9.17, 15) is 4.79 Å². The molecule has 2 fully saturated rings. The Morgan fingerprint density at radius 1 is 1.15 bits per heavy atom. The van der Waals surface area contributed by atoms with E-state index in [-0.39, 0.29) is 24.4 Å². The minimum Gasteiger partial charge on any atom is -0.381 e. The van der Waals surface area contributed by atoms with Crippen LogP contribution in [0.5, 0.6) is 0 Å². The van der Waals surface area contributed by atoms with Crippen molar-refractivity contribution in [2.75, 3.05) is 26.4 Å². The number of ether oxygens (including phenoxy) is 3. The molecule has 0 spiro atoms. The Hall–Kier alpha value is -1.18. The van der Waals surface area contributed by atoms with Crippen molar-refractivity contribution in [1.29, 1.82) is 0 Å². The normalized spacial score (nSPS) is 20.2. The Balaban J connectivity index is 0.00000243. The van der Waals surface area contributed by atoms with E-state index in [1.54, 1.807) is 0 Å². The van der Waals surface area contributed by atoms with E-state index >= 15 is 0 Å². The van der Waals surface area contributed by atoms with E-state index in [0.29, 0.717) is 39.2 Å². The van der Waals surface area contributed by atoms with E-state index in [1.165, 1.54) is 0 Å². The average molecular weight is 385 g/mol. The molecule has 3 rings (SSSR count). The molecule has 2 heterocycles. The van der Waals surface area contributed by atoms with Gasteiger partial charge in [0.2, 0.25) is 5.91 Å². The molecule has 6 nitrogen and oxygen atoms in total. The molecule has 2 aliphatic rings. The summed E-state index contributed by atoms with van der Waals surface area (Å²) in [5.74, 6) is -0.0975. The highest BCUT2D eigenvalue weighted by atomic mass is 35.5. The Morgan fingerprint density at radius 3 is 2.54 bits per heavy atom. The van der Waals surface area contributed by atoms with Crippen molar-refractivity contribution in [2.24, 2.45) is 5.73 Å². The first-order chi connectivity index (χ1) is 12.2. The van der Waals surface area contributed by atoms with Gasteiger partial charge in [0.05, 0.1) is 18.2 Å². The van der Waals surface area contributed by atoms with Gasteiger partial charge in [0.15, 0.2) is 0 Å². The molecule has 26 heavy (non-hydrogen) atoms. The van der Waals surface area contributed by atoms with Crippen LogP contribution in [-0.4, -0.2) is 44.0 Å². The van der Waals surface area contributed by atoms with Crippen molar-refractivity contribution in [2.45, 2.75) is 50.5 Å². The van der Waals surface area contributed by atoms with Crippen LogP contribution in [0.4, 0.5) is 0 Å². The van der Waals surface area contributed by atoms with E-state index < -0.39 is 5.54 Å². The zero-order chi connectivity index (χ0) is 17.5. The maximum absolute atomic E-state index is 12.4. The first-order valence-electron chi connectivity index (χ1n) is 9.08. The summed E-state index contributed by atoms with van der Waals surface area (Å²) in [5.41, 5.74) is 7.57. The van der Waals surface area contributed by atoms with Crippen LogP contribution in [0.2, 0.25) is 0 Å². The lowest BCUT2D eigenvalue weighted by molar-refractivity contribution is -0.129. The molecule has 1 amide bonds. The van der Waals surface area contributed by atoms with Crippen LogP contribution < -0.4 is 11.1 Å². The summed E-state index contributed by atoms with van der Waals surface area (Å²) in [4.78, 5) is 12.4. The second kappa shape index (κ2) is 10.2. The minimum atomic E-state index is -0.804. The summed E-state index contributed by atoms with van der Waals surface area (Å²) in [6.45, 7) is 3.71. The predicted molar refractivity (Wildman–Crippen MR) is 101 cm³/mol. The highest BCUT2D eigenvalue weighted by molar-refractivity contribution is 5.86. The smallest absolute Gasteiger partial charge is 0.240 e. The summed E-state index contributed by atoms with van der Waals surface area (Å²) >= 11 is 0. The first kappa shape index (κ1) is 21.1. The molecular formula is C19H29ClN2O4. The maximum atomic E-state index is 12.4.